The van der Waals surface area contributed by atoms with E-state index in [2.05, 4.69) is 29.4 Å². The number of nitrogens with zero attached hydrogens (tertiary/aromatic N) is 1. The summed E-state index contributed by atoms with van der Waals surface area (Å²) in [5.41, 5.74) is 2.01. The molecule has 1 atom stereocenters. The number of aryl methyl sites for hydroxylation is 2. The van der Waals surface area contributed by atoms with Gasteiger partial charge < -0.3 is 10.4 Å². The summed E-state index contributed by atoms with van der Waals surface area (Å²) in [4.78, 5) is 5.71. The number of aliphatic hydroxyl groups excluding tert-OH is 1. The zero-order valence-electron chi connectivity index (χ0n) is 12.3. The fraction of sp³-hybridized carbons (Fsp3) is 0.438. The molecule has 20 heavy (non-hydrogen) atoms. The fourth-order valence-corrected chi connectivity index (χ4v) is 3.19. The minimum Gasteiger partial charge on any atom is -0.395 e. The molecule has 2 rings (SSSR count). The Morgan fingerprint density at radius 3 is 2.50 bits per heavy atom. The highest BCUT2D eigenvalue weighted by Crippen LogP contribution is 2.23. The van der Waals surface area contributed by atoms with Gasteiger partial charge in [-0.2, -0.15) is 0 Å². The lowest BCUT2D eigenvalue weighted by Gasteiger charge is -2.28. The number of rotatable bonds is 6. The van der Waals surface area contributed by atoms with Crippen LogP contribution in [0.1, 0.15) is 28.1 Å². The Morgan fingerprint density at radius 1 is 1.25 bits per heavy atom. The highest BCUT2D eigenvalue weighted by molar-refractivity contribution is 7.11. The lowest BCUT2D eigenvalue weighted by atomic mass is 9.83. The van der Waals surface area contributed by atoms with Crippen LogP contribution < -0.4 is 5.32 Å². The molecule has 0 saturated carbocycles. The Balaban J connectivity index is 1.99. The summed E-state index contributed by atoms with van der Waals surface area (Å²) in [7, 11) is 0. The monoisotopic (exact) mass is 290 g/mol. The van der Waals surface area contributed by atoms with Crippen LogP contribution in [0.25, 0.3) is 0 Å². The first-order valence-corrected chi connectivity index (χ1v) is 7.67. The summed E-state index contributed by atoms with van der Waals surface area (Å²) in [6.45, 7) is 7.83. The molecule has 0 radical (unpaired) electrons. The molecule has 0 amide bonds. The Labute approximate surface area is 124 Å². The molecule has 0 aliphatic heterocycles. The summed E-state index contributed by atoms with van der Waals surface area (Å²) in [6.07, 6.45) is 0. The van der Waals surface area contributed by atoms with Crippen LogP contribution in [0, 0.1) is 13.8 Å². The van der Waals surface area contributed by atoms with Gasteiger partial charge in [-0.3, -0.25) is 0 Å². The van der Waals surface area contributed by atoms with E-state index in [1.165, 1.54) is 4.88 Å². The molecule has 108 valence electrons. The number of hydrogen-bond donors (Lipinski definition) is 2. The van der Waals surface area contributed by atoms with Crippen LogP contribution in [0.4, 0.5) is 0 Å². The molecule has 4 heteroatoms. The average Bonchev–Trinajstić information content (AvgIpc) is 2.78. The van der Waals surface area contributed by atoms with E-state index in [1.54, 1.807) is 11.3 Å². The Kier molecular flexibility index (Phi) is 4.91. The molecular formula is C16H22N2OS. The number of hydrogen-bond acceptors (Lipinski definition) is 4. The van der Waals surface area contributed by atoms with E-state index >= 15 is 0 Å². The van der Waals surface area contributed by atoms with Crippen LogP contribution in [-0.2, 0) is 12.0 Å². The van der Waals surface area contributed by atoms with Gasteiger partial charge in [0.2, 0.25) is 0 Å². The van der Waals surface area contributed by atoms with Gasteiger partial charge in [0.15, 0.2) is 0 Å². The lowest BCUT2D eigenvalue weighted by molar-refractivity contribution is 0.201. The molecular weight excluding hydrogens is 268 g/mol. The average molecular weight is 290 g/mol. The Morgan fingerprint density at radius 2 is 1.95 bits per heavy atom. The van der Waals surface area contributed by atoms with Crippen molar-refractivity contribution in [2.24, 2.45) is 0 Å². The minimum atomic E-state index is -0.255. The molecule has 1 aromatic carbocycles. The molecule has 3 nitrogen and oxygen atoms in total. The van der Waals surface area contributed by atoms with Gasteiger partial charge >= 0.3 is 0 Å². The van der Waals surface area contributed by atoms with E-state index in [4.69, 9.17) is 0 Å². The summed E-state index contributed by atoms with van der Waals surface area (Å²) in [5, 5.41) is 14.3. The minimum absolute atomic E-state index is 0.130. The van der Waals surface area contributed by atoms with Crippen molar-refractivity contribution in [1.29, 1.82) is 0 Å². The maximum Gasteiger partial charge on any atom is 0.0900 e. The van der Waals surface area contributed by atoms with Crippen molar-refractivity contribution in [3.8, 4) is 0 Å². The van der Waals surface area contributed by atoms with E-state index in [9.17, 15) is 5.11 Å². The van der Waals surface area contributed by atoms with E-state index in [1.807, 2.05) is 32.0 Å². The first-order chi connectivity index (χ1) is 9.55. The molecule has 0 aliphatic rings. The zero-order valence-corrected chi connectivity index (χ0v) is 13.1. The van der Waals surface area contributed by atoms with Gasteiger partial charge in [0.25, 0.3) is 0 Å². The fourth-order valence-electron chi connectivity index (χ4n) is 2.28. The number of benzene rings is 1. The van der Waals surface area contributed by atoms with E-state index < -0.39 is 0 Å². The quantitative estimate of drug-likeness (QED) is 0.860. The van der Waals surface area contributed by atoms with Gasteiger partial charge in [0.05, 0.1) is 17.3 Å². The predicted molar refractivity (Wildman–Crippen MR) is 84.2 cm³/mol. The van der Waals surface area contributed by atoms with Crippen LogP contribution >= 0.6 is 11.3 Å². The van der Waals surface area contributed by atoms with Crippen LogP contribution in [0.2, 0.25) is 0 Å². The second-order valence-electron chi connectivity index (χ2n) is 5.43. The topological polar surface area (TPSA) is 45.2 Å². The van der Waals surface area contributed by atoms with Crippen molar-refractivity contribution >= 4 is 11.3 Å². The summed E-state index contributed by atoms with van der Waals surface area (Å²) in [5.74, 6) is 0. The number of thiazole rings is 1. The van der Waals surface area contributed by atoms with E-state index in [0.717, 1.165) is 29.4 Å². The maximum atomic E-state index is 9.74. The Hall–Kier alpha value is -1.23. The number of aliphatic hydroxyl groups is 1. The molecule has 0 spiro atoms. The van der Waals surface area contributed by atoms with Crippen molar-refractivity contribution in [1.82, 2.24) is 10.3 Å². The standard InChI is InChI=1S/C16H22N2OS/c1-12-15(20-13(2)18-12)9-17-10-16(3,11-19)14-7-5-4-6-8-14/h4-8,17,19H,9-11H2,1-3H3. The molecule has 2 aromatic rings. The van der Waals surface area contributed by atoms with Crippen molar-refractivity contribution in [3.05, 3.63) is 51.5 Å². The molecule has 0 fully saturated rings. The molecule has 1 heterocycles. The third kappa shape index (κ3) is 3.45. The normalized spacial score (nSPS) is 14.2. The molecule has 1 unspecified atom stereocenters. The molecule has 2 N–H and O–H groups in total. The third-order valence-electron chi connectivity index (χ3n) is 3.62. The van der Waals surface area contributed by atoms with Gasteiger partial charge in [0, 0.05) is 23.4 Å². The number of nitrogens with one attached hydrogen (secondary N) is 1. The van der Waals surface area contributed by atoms with Crippen molar-refractivity contribution < 1.29 is 5.11 Å². The van der Waals surface area contributed by atoms with E-state index in [-0.39, 0.29) is 12.0 Å². The largest absolute Gasteiger partial charge is 0.395 e. The summed E-state index contributed by atoms with van der Waals surface area (Å²) >= 11 is 1.73. The van der Waals surface area contributed by atoms with Crippen LogP contribution in [0.15, 0.2) is 30.3 Å². The van der Waals surface area contributed by atoms with E-state index in [0.29, 0.717) is 0 Å². The highest BCUT2D eigenvalue weighted by atomic mass is 32.1. The second-order valence-corrected chi connectivity index (χ2v) is 6.72. The summed E-state index contributed by atoms with van der Waals surface area (Å²) in [6, 6.07) is 10.2. The molecule has 0 aliphatic carbocycles. The van der Waals surface area contributed by atoms with Crippen LogP contribution in [-0.4, -0.2) is 23.2 Å². The van der Waals surface area contributed by atoms with Crippen molar-refractivity contribution in [2.45, 2.75) is 32.7 Å². The van der Waals surface area contributed by atoms with Gasteiger partial charge in [-0.15, -0.1) is 11.3 Å². The van der Waals surface area contributed by atoms with Crippen LogP contribution in [0.3, 0.4) is 0 Å². The third-order valence-corrected chi connectivity index (χ3v) is 4.69. The van der Waals surface area contributed by atoms with Gasteiger partial charge in [-0.05, 0) is 19.4 Å². The van der Waals surface area contributed by atoms with Gasteiger partial charge in [-0.25, -0.2) is 4.98 Å². The molecule has 0 saturated heterocycles. The first-order valence-electron chi connectivity index (χ1n) is 6.85. The molecule has 0 bridgehead atoms. The van der Waals surface area contributed by atoms with Crippen LogP contribution in [0.5, 0.6) is 0 Å². The van der Waals surface area contributed by atoms with Crippen molar-refractivity contribution in [3.63, 3.8) is 0 Å². The Bertz CT molecular complexity index is 553. The van der Waals surface area contributed by atoms with Crippen molar-refractivity contribution in [2.75, 3.05) is 13.2 Å². The zero-order chi connectivity index (χ0) is 14.6. The smallest absolute Gasteiger partial charge is 0.0900 e. The predicted octanol–water partition coefficient (Wildman–Crippen LogP) is 2.80. The number of aromatic nitrogens is 1. The first kappa shape index (κ1) is 15.2. The summed E-state index contributed by atoms with van der Waals surface area (Å²) < 4.78 is 0. The molecule has 1 aromatic heterocycles. The highest BCUT2D eigenvalue weighted by Gasteiger charge is 2.25. The lowest BCUT2D eigenvalue weighted by Crippen LogP contribution is -2.38. The van der Waals surface area contributed by atoms with Gasteiger partial charge in [0.1, 0.15) is 0 Å². The maximum absolute atomic E-state index is 9.74. The SMILES string of the molecule is Cc1nc(C)c(CNCC(C)(CO)c2ccccc2)s1. The van der Waals surface area contributed by atoms with Gasteiger partial charge in [-0.1, -0.05) is 37.3 Å². The second kappa shape index (κ2) is 6.48.